The summed E-state index contributed by atoms with van der Waals surface area (Å²) in [5.74, 6) is -0.353. The molecule has 1 aromatic heterocycles. The smallest absolute Gasteiger partial charge is 0.339 e. The molecule has 26 heavy (non-hydrogen) atoms. The van der Waals surface area contributed by atoms with Gasteiger partial charge in [-0.05, 0) is 43.9 Å². The summed E-state index contributed by atoms with van der Waals surface area (Å²) in [4.78, 5) is 30.5. The predicted octanol–water partition coefficient (Wildman–Crippen LogP) is 3.58. The first-order chi connectivity index (χ1) is 12.4. The maximum Gasteiger partial charge on any atom is 0.339 e. The third kappa shape index (κ3) is 4.02. The van der Waals surface area contributed by atoms with Crippen LogP contribution in [-0.2, 0) is 0 Å². The number of amides is 1. The molecule has 1 atom stereocenters. The number of hydrogen-bond donors (Lipinski definition) is 2. The molecule has 1 fully saturated rings. The lowest BCUT2D eigenvalue weighted by Gasteiger charge is -2.32. The second-order valence-corrected chi connectivity index (χ2v) is 6.92. The van der Waals surface area contributed by atoms with E-state index in [1.165, 1.54) is 12.3 Å². The molecule has 2 N–H and O–H groups in total. The van der Waals surface area contributed by atoms with Crippen LogP contribution in [0.1, 0.15) is 46.0 Å². The van der Waals surface area contributed by atoms with Crippen molar-refractivity contribution in [1.29, 1.82) is 0 Å². The van der Waals surface area contributed by atoms with Gasteiger partial charge in [0.15, 0.2) is 0 Å². The minimum Gasteiger partial charge on any atom is -0.478 e. The third-order valence-corrected chi connectivity index (χ3v) is 4.59. The molecule has 1 aliphatic rings. The largest absolute Gasteiger partial charge is 0.478 e. The van der Waals surface area contributed by atoms with Gasteiger partial charge in [-0.2, -0.15) is 0 Å². The lowest BCUT2D eigenvalue weighted by molar-refractivity contribution is 0.0696. The zero-order valence-corrected chi connectivity index (χ0v) is 15.0. The van der Waals surface area contributed by atoms with Gasteiger partial charge in [-0.25, -0.2) is 9.78 Å². The summed E-state index contributed by atoms with van der Waals surface area (Å²) in [6, 6.07) is 8.71. The molecule has 0 unspecified atom stereocenters. The van der Waals surface area contributed by atoms with E-state index in [9.17, 15) is 14.7 Å². The van der Waals surface area contributed by atoms with Crippen LogP contribution in [-0.4, -0.2) is 35.1 Å². The molecule has 2 aromatic rings. The minimum absolute atomic E-state index is 0.112. The summed E-state index contributed by atoms with van der Waals surface area (Å²) < 4.78 is 0. The number of aryl methyl sites for hydroxylation is 1. The number of nitrogens with one attached hydrogen (secondary N) is 1. The Hall–Kier alpha value is -2.89. The molecule has 0 aliphatic carbocycles. The van der Waals surface area contributed by atoms with E-state index < -0.39 is 5.97 Å². The number of carboxylic acid groups (broad SMARTS) is 1. The molecule has 1 aromatic carbocycles. The van der Waals surface area contributed by atoms with Gasteiger partial charge in [-0.3, -0.25) is 4.79 Å². The van der Waals surface area contributed by atoms with Crippen molar-refractivity contribution in [3.05, 3.63) is 53.2 Å². The number of anilines is 2. The molecule has 2 heterocycles. The van der Waals surface area contributed by atoms with Crippen molar-refractivity contribution < 1.29 is 14.7 Å². The van der Waals surface area contributed by atoms with Gasteiger partial charge >= 0.3 is 5.97 Å². The van der Waals surface area contributed by atoms with E-state index in [1.807, 2.05) is 24.0 Å². The van der Waals surface area contributed by atoms with Gasteiger partial charge in [-0.1, -0.05) is 24.6 Å². The quantitative estimate of drug-likeness (QED) is 0.878. The lowest BCUT2D eigenvalue weighted by Crippen LogP contribution is -2.36. The Labute approximate surface area is 152 Å². The highest BCUT2D eigenvalue weighted by atomic mass is 16.4. The number of piperidine rings is 1. The number of hydrogen-bond acceptors (Lipinski definition) is 4. The molecule has 136 valence electrons. The summed E-state index contributed by atoms with van der Waals surface area (Å²) in [7, 11) is 0. The van der Waals surface area contributed by atoms with Gasteiger partial charge in [0.05, 0.1) is 11.9 Å². The normalized spacial score (nSPS) is 17.0. The number of rotatable bonds is 4. The van der Waals surface area contributed by atoms with Crippen molar-refractivity contribution in [2.45, 2.75) is 26.7 Å². The van der Waals surface area contributed by atoms with E-state index in [-0.39, 0.29) is 11.5 Å². The predicted molar refractivity (Wildman–Crippen MR) is 101 cm³/mol. The standard InChI is InChI=1S/C20H23N3O3/c1-13-5-3-7-15(9-13)19(24)22-16-10-17(20(25)26)18(21-11-16)23-8-4-6-14(2)12-23/h3,5,7,9-11,14H,4,6,8,12H2,1-2H3,(H,22,24)(H,25,26)/t14-/m0/s1. The van der Waals surface area contributed by atoms with Gasteiger partial charge in [0.2, 0.25) is 0 Å². The second kappa shape index (κ2) is 7.56. The zero-order valence-electron chi connectivity index (χ0n) is 15.0. The molecule has 1 amide bonds. The Morgan fingerprint density at radius 1 is 1.31 bits per heavy atom. The van der Waals surface area contributed by atoms with Gasteiger partial charge in [0.25, 0.3) is 5.91 Å². The van der Waals surface area contributed by atoms with Crippen LogP contribution >= 0.6 is 0 Å². The van der Waals surface area contributed by atoms with Crippen LogP contribution in [0.4, 0.5) is 11.5 Å². The lowest BCUT2D eigenvalue weighted by atomic mass is 10.00. The monoisotopic (exact) mass is 353 g/mol. The summed E-state index contributed by atoms with van der Waals surface area (Å²) >= 11 is 0. The number of pyridine rings is 1. The minimum atomic E-state index is -1.04. The first-order valence-electron chi connectivity index (χ1n) is 8.80. The first-order valence-corrected chi connectivity index (χ1v) is 8.80. The summed E-state index contributed by atoms with van der Waals surface area (Å²) in [5.41, 5.74) is 2.00. The van der Waals surface area contributed by atoms with Crippen LogP contribution in [0.2, 0.25) is 0 Å². The van der Waals surface area contributed by atoms with Crippen molar-refractivity contribution >= 4 is 23.4 Å². The van der Waals surface area contributed by atoms with E-state index in [0.717, 1.165) is 31.5 Å². The molecule has 1 aliphatic heterocycles. The van der Waals surface area contributed by atoms with Crippen LogP contribution < -0.4 is 10.2 Å². The number of nitrogens with zero attached hydrogens (tertiary/aromatic N) is 2. The maximum absolute atomic E-state index is 12.4. The average molecular weight is 353 g/mol. The Morgan fingerprint density at radius 2 is 2.12 bits per heavy atom. The number of aromatic nitrogens is 1. The molecule has 1 saturated heterocycles. The fraction of sp³-hybridized carbons (Fsp3) is 0.350. The molecule has 0 bridgehead atoms. The van der Waals surface area contributed by atoms with E-state index in [4.69, 9.17) is 0 Å². The Kier molecular flexibility index (Phi) is 5.21. The van der Waals surface area contributed by atoms with Crippen molar-refractivity contribution in [1.82, 2.24) is 4.98 Å². The van der Waals surface area contributed by atoms with Crippen LogP contribution in [0, 0.1) is 12.8 Å². The van der Waals surface area contributed by atoms with Crippen LogP contribution in [0.3, 0.4) is 0 Å². The van der Waals surface area contributed by atoms with Crippen molar-refractivity contribution in [2.75, 3.05) is 23.3 Å². The summed E-state index contributed by atoms with van der Waals surface area (Å²) in [6.45, 7) is 5.66. The Balaban J connectivity index is 1.84. The fourth-order valence-corrected chi connectivity index (χ4v) is 3.31. The molecule has 3 rings (SSSR count). The summed E-state index contributed by atoms with van der Waals surface area (Å²) in [6.07, 6.45) is 3.69. The van der Waals surface area contributed by atoms with Crippen LogP contribution in [0.25, 0.3) is 0 Å². The van der Waals surface area contributed by atoms with Crippen molar-refractivity contribution in [2.24, 2.45) is 5.92 Å². The third-order valence-electron chi connectivity index (χ3n) is 4.59. The van der Waals surface area contributed by atoms with Crippen LogP contribution in [0.15, 0.2) is 36.5 Å². The van der Waals surface area contributed by atoms with Gasteiger partial charge < -0.3 is 15.3 Å². The van der Waals surface area contributed by atoms with E-state index in [0.29, 0.717) is 23.0 Å². The number of aromatic carboxylic acids is 1. The molecule has 0 spiro atoms. The average Bonchev–Trinajstić information content (AvgIpc) is 2.61. The first kappa shape index (κ1) is 17.9. The SMILES string of the molecule is Cc1cccc(C(=O)Nc2cnc(N3CCC[C@H](C)C3)c(C(=O)O)c2)c1. The maximum atomic E-state index is 12.4. The van der Waals surface area contributed by atoms with Gasteiger partial charge in [0.1, 0.15) is 11.4 Å². The highest BCUT2D eigenvalue weighted by molar-refractivity contribution is 6.05. The molecule has 0 saturated carbocycles. The van der Waals surface area contributed by atoms with E-state index in [2.05, 4.69) is 17.2 Å². The number of carboxylic acids is 1. The number of carbonyl (C=O) groups is 2. The highest BCUT2D eigenvalue weighted by Crippen LogP contribution is 2.26. The molecule has 6 nitrogen and oxygen atoms in total. The van der Waals surface area contributed by atoms with Crippen molar-refractivity contribution in [3.63, 3.8) is 0 Å². The highest BCUT2D eigenvalue weighted by Gasteiger charge is 2.23. The van der Waals surface area contributed by atoms with E-state index >= 15 is 0 Å². The van der Waals surface area contributed by atoms with Gasteiger partial charge in [0, 0.05) is 18.7 Å². The fourth-order valence-electron chi connectivity index (χ4n) is 3.31. The van der Waals surface area contributed by atoms with Crippen LogP contribution in [0.5, 0.6) is 0 Å². The topological polar surface area (TPSA) is 82.5 Å². The van der Waals surface area contributed by atoms with E-state index in [1.54, 1.807) is 12.1 Å². The van der Waals surface area contributed by atoms with Crippen molar-refractivity contribution in [3.8, 4) is 0 Å². The second-order valence-electron chi connectivity index (χ2n) is 6.92. The Morgan fingerprint density at radius 3 is 2.81 bits per heavy atom. The number of benzene rings is 1. The molecule has 6 heteroatoms. The Bertz CT molecular complexity index is 835. The molecule has 0 radical (unpaired) electrons. The molecular weight excluding hydrogens is 330 g/mol. The summed E-state index contributed by atoms with van der Waals surface area (Å²) in [5, 5.41) is 12.3. The number of carbonyl (C=O) groups excluding carboxylic acids is 1. The zero-order chi connectivity index (χ0) is 18.7. The van der Waals surface area contributed by atoms with Gasteiger partial charge in [-0.15, -0.1) is 0 Å². The molecular formula is C20H23N3O3.